The van der Waals surface area contributed by atoms with Crippen LogP contribution in [0.15, 0.2) is 54.6 Å². The molecule has 0 unspecified atom stereocenters. The molecule has 0 heterocycles. The van der Waals surface area contributed by atoms with Crippen LogP contribution >= 0.6 is 11.6 Å². The third-order valence-electron chi connectivity index (χ3n) is 3.36. The van der Waals surface area contributed by atoms with E-state index in [1.165, 1.54) is 11.6 Å². The normalized spacial score (nSPS) is 11.3. The molecule has 0 radical (unpaired) electrons. The van der Waals surface area contributed by atoms with E-state index in [0.717, 1.165) is 23.1 Å². The van der Waals surface area contributed by atoms with Crippen LogP contribution < -0.4 is 0 Å². The summed E-state index contributed by atoms with van der Waals surface area (Å²) < 4.78 is 5.04. The number of ether oxygens (including phenoxy) is 1. The Morgan fingerprint density at radius 2 is 1.82 bits per heavy atom. The Labute approximate surface area is 136 Å². The van der Waals surface area contributed by atoms with Gasteiger partial charge in [-0.3, -0.25) is 0 Å². The molecule has 2 rings (SSSR count). The Morgan fingerprint density at radius 3 is 2.41 bits per heavy atom. The number of halogens is 1. The molecule has 0 N–H and O–H groups in total. The lowest BCUT2D eigenvalue weighted by molar-refractivity contribution is -0.137. The third kappa shape index (κ3) is 4.22. The maximum absolute atomic E-state index is 11.9. The average Bonchev–Trinajstić information content (AvgIpc) is 2.53. The first-order valence-corrected chi connectivity index (χ1v) is 7.75. The molecule has 22 heavy (non-hydrogen) atoms. The summed E-state index contributed by atoms with van der Waals surface area (Å²) in [5, 5.41) is 0.637. The van der Waals surface area contributed by atoms with E-state index in [1.807, 2.05) is 36.4 Å². The minimum Gasteiger partial charge on any atom is -0.463 e. The van der Waals surface area contributed by atoms with Crippen LogP contribution in [-0.2, 0) is 16.0 Å². The van der Waals surface area contributed by atoms with Gasteiger partial charge in [0.2, 0.25) is 0 Å². The standard InChI is InChI=1S/C19H19ClO2/c1-3-14-8-10-15(11-9-14)18(13-19(21)22-4-2)16-6-5-7-17(20)12-16/h5-13H,3-4H2,1-2H3. The summed E-state index contributed by atoms with van der Waals surface area (Å²) in [7, 11) is 0. The molecule has 0 spiro atoms. The molecule has 0 aliphatic carbocycles. The van der Waals surface area contributed by atoms with E-state index in [-0.39, 0.29) is 5.97 Å². The van der Waals surface area contributed by atoms with Gasteiger partial charge in [-0.15, -0.1) is 0 Å². The zero-order valence-electron chi connectivity index (χ0n) is 12.8. The zero-order chi connectivity index (χ0) is 15.9. The van der Waals surface area contributed by atoms with Gasteiger partial charge in [0.05, 0.1) is 6.61 Å². The van der Waals surface area contributed by atoms with Gasteiger partial charge in [0.25, 0.3) is 0 Å². The van der Waals surface area contributed by atoms with Gasteiger partial charge in [0.1, 0.15) is 0 Å². The van der Waals surface area contributed by atoms with Gasteiger partial charge in [-0.2, -0.15) is 0 Å². The second kappa shape index (κ2) is 7.81. The highest BCUT2D eigenvalue weighted by Crippen LogP contribution is 2.26. The maximum atomic E-state index is 11.9. The lowest BCUT2D eigenvalue weighted by Crippen LogP contribution is -2.02. The molecule has 3 heteroatoms. The van der Waals surface area contributed by atoms with Crippen molar-refractivity contribution in [3.63, 3.8) is 0 Å². The SMILES string of the molecule is CCOC(=O)C=C(c1ccc(CC)cc1)c1cccc(Cl)c1. The molecule has 0 amide bonds. The van der Waals surface area contributed by atoms with Crippen molar-refractivity contribution >= 4 is 23.1 Å². The molecule has 0 aliphatic heterocycles. The molecular formula is C19H19ClO2. The van der Waals surface area contributed by atoms with Gasteiger partial charge < -0.3 is 4.74 Å². The number of esters is 1. The fourth-order valence-electron chi connectivity index (χ4n) is 2.21. The molecule has 2 aromatic carbocycles. The maximum Gasteiger partial charge on any atom is 0.331 e. The highest BCUT2D eigenvalue weighted by Gasteiger charge is 2.09. The number of hydrogen-bond donors (Lipinski definition) is 0. The predicted molar refractivity (Wildman–Crippen MR) is 91.0 cm³/mol. The van der Waals surface area contributed by atoms with E-state index in [0.29, 0.717) is 11.6 Å². The Hall–Kier alpha value is -2.06. The molecular weight excluding hydrogens is 296 g/mol. The summed E-state index contributed by atoms with van der Waals surface area (Å²) in [5.74, 6) is -0.350. The Morgan fingerprint density at radius 1 is 1.09 bits per heavy atom. The molecule has 114 valence electrons. The minimum atomic E-state index is -0.350. The summed E-state index contributed by atoms with van der Waals surface area (Å²) in [5.41, 5.74) is 3.92. The van der Waals surface area contributed by atoms with Gasteiger partial charge in [0, 0.05) is 11.1 Å². The van der Waals surface area contributed by atoms with Crippen molar-refractivity contribution < 1.29 is 9.53 Å². The van der Waals surface area contributed by atoms with Crippen LogP contribution in [0.25, 0.3) is 5.57 Å². The van der Waals surface area contributed by atoms with Gasteiger partial charge in [-0.05, 0) is 47.7 Å². The molecule has 0 aliphatic rings. The van der Waals surface area contributed by atoms with E-state index in [1.54, 1.807) is 6.92 Å². The number of carbonyl (C=O) groups is 1. The van der Waals surface area contributed by atoms with Crippen molar-refractivity contribution in [1.29, 1.82) is 0 Å². The van der Waals surface area contributed by atoms with E-state index in [9.17, 15) is 4.79 Å². The Balaban J connectivity index is 2.47. The number of rotatable bonds is 5. The smallest absolute Gasteiger partial charge is 0.331 e. The van der Waals surface area contributed by atoms with E-state index >= 15 is 0 Å². The summed E-state index contributed by atoms with van der Waals surface area (Å²) >= 11 is 6.08. The minimum absolute atomic E-state index is 0.350. The van der Waals surface area contributed by atoms with Crippen LogP contribution in [0.5, 0.6) is 0 Å². The monoisotopic (exact) mass is 314 g/mol. The molecule has 0 fully saturated rings. The summed E-state index contributed by atoms with van der Waals surface area (Å²) in [6, 6.07) is 15.6. The highest BCUT2D eigenvalue weighted by molar-refractivity contribution is 6.30. The average molecular weight is 315 g/mol. The van der Waals surface area contributed by atoms with E-state index in [4.69, 9.17) is 16.3 Å². The van der Waals surface area contributed by atoms with E-state index < -0.39 is 0 Å². The molecule has 0 atom stereocenters. The van der Waals surface area contributed by atoms with E-state index in [2.05, 4.69) is 19.1 Å². The van der Waals surface area contributed by atoms with Crippen molar-refractivity contribution in [3.8, 4) is 0 Å². The fraction of sp³-hybridized carbons (Fsp3) is 0.211. The highest BCUT2D eigenvalue weighted by atomic mass is 35.5. The van der Waals surface area contributed by atoms with Crippen LogP contribution in [0, 0.1) is 0 Å². The molecule has 0 saturated heterocycles. The van der Waals surface area contributed by atoms with Crippen molar-refractivity contribution in [1.82, 2.24) is 0 Å². The Kier molecular flexibility index (Phi) is 5.79. The second-order valence-corrected chi connectivity index (χ2v) is 5.31. The van der Waals surface area contributed by atoms with Crippen LogP contribution in [0.1, 0.15) is 30.5 Å². The number of hydrogen-bond acceptors (Lipinski definition) is 2. The number of carbonyl (C=O) groups excluding carboxylic acids is 1. The quantitative estimate of drug-likeness (QED) is 0.579. The van der Waals surface area contributed by atoms with Gasteiger partial charge in [0.15, 0.2) is 0 Å². The lowest BCUT2D eigenvalue weighted by atomic mass is 9.96. The van der Waals surface area contributed by atoms with Crippen LogP contribution in [0.2, 0.25) is 5.02 Å². The summed E-state index contributed by atoms with van der Waals surface area (Å²) in [6.45, 7) is 4.26. The topological polar surface area (TPSA) is 26.3 Å². The molecule has 0 bridgehead atoms. The fourth-order valence-corrected chi connectivity index (χ4v) is 2.40. The van der Waals surface area contributed by atoms with Crippen molar-refractivity contribution in [3.05, 3.63) is 76.3 Å². The third-order valence-corrected chi connectivity index (χ3v) is 3.59. The number of benzene rings is 2. The summed E-state index contributed by atoms with van der Waals surface area (Å²) in [6.07, 6.45) is 2.50. The zero-order valence-corrected chi connectivity index (χ0v) is 13.6. The predicted octanol–water partition coefficient (Wildman–Crippen LogP) is 4.90. The second-order valence-electron chi connectivity index (χ2n) is 4.87. The lowest BCUT2D eigenvalue weighted by Gasteiger charge is -2.10. The van der Waals surface area contributed by atoms with Gasteiger partial charge in [-0.1, -0.05) is 54.9 Å². The van der Waals surface area contributed by atoms with Crippen molar-refractivity contribution in [2.75, 3.05) is 6.61 Å². The Bertz CT molecular complexity index is 672. The number of aryl methyl sites for hydroxylation is 1. The molecule has 2 nitrogen and oxygen atoms in total. The van der Waals surface area contributed by atoms with Crippen LogP contribution in [0.3, 0.4) is 0 Å². The van der Waals surface area contributed by atoms with Gasteiger partial charge in [-0.25, -0.2) is 4.79 Å². The molecule has 0 aromatic heterocycles. The van der Waals surface area contributed by atoms with Crippen LogP contribution in [0.4, 0.5) is 0 Å². The largest absolute Gasteiger partial charge is 0.463 e. The van der Waals surface area contributed by atoms with Crippen molar-refractivity contribution in [2.45, 2.75) is 20.3 Å². The summed E-state index contributed by atoms with van der Waals surface area (Å²) in [4.78, 5) is 11.9. The van der Waals surface area contributed by atoms with Gasteiger partial charge >= 0.3 is 5.97 Å². The first-order chi connectivity index (χ1) is 10.6. The first kappa shape index (κ1) is 16.3. The molecule has 2 aromatic rings. The van der Waals surface area contributed by atoms with Crippen LogP contribution in [-0.4, -0.2) is 12.6 Å². The first-order valence-electron chi connectivity index (χ1n) is 7.37. The van der Waals surface area contributed by atoms with Crippen molar-refractivity contribution in [2.24, 2.45) is 0 Å². The molecule has 0 saturated carbocycles.